The fourth-order valence-corrected chi connectivity index (χ4v) is 3.51. The number of Topliss-reactive ketones (excluding diaryl/α,β-unsaturated/α-hetero) is 1. The number of rotatable bonds is 2. The third kappa shape index (κ3) is 4.28. The lowest BCUT2D eigenvalue weighted by Gasteiger charge is -2.36. The summed E-state index contributed by atoms with van der Waals surface area (Å²) in [6, 6.07) is 3.50. The minimum Gasteiger partial charge on any atom is -0.444 e. The fourth-order valence-electron chi connectivity index (χ4n) is 3.51. The third-order valence-electron chi connectivity index (χ3n) is 4.94. The maximum atomic E-state index is 13.0. The average molecular weight is 400 g/mol. The van der Waals surface area contributed by atoms with Crippen LogP contribution in [0.1, 0.15) is 49.2 Å². The van der Waals surface area contributed by atoms with Crippen molar-refractivity contribution >= 4 is 28.7 Å². The van der Waals surface area contributed by atoms with Gasteiger partial charge in [0.1, 0.15) is 5.60 Å². The molecule has 1 fully saturated rings. The first-order chi connectivity index (χ1) is 13.5. The summed E-state index contributed by atoms with van der Waals surface area (Å²) in [6.07, 6.45) is -0.344. The van der Waals surface area contributed by atoms with Crippen LogP contribution in [0.5, 0.6) is 0 Å². The van der Waals surface area contributed by atoms with Gasteiger partial charge in [0, 0.05) is 26.2 Å². The standard InChI is InChI=1S/C22H28N2O5/c1-13-11-16(15(3)25)19-17(12-13)18(26)14(2)20(28-19)23-7-9-24(10-8-23)21(27)29-22(4,5)6/h11-12H,7-10H2,1-6H3. The quantitative estimate of drug-likeness (QED) is 0.716. The van der Waals surface area contributed by atoms with Gasteiger partial charge in [0.25, 0.3) is 0 Å². The summed E-state index contributed by atoms with van der Waals surface area (Å²) in [5.74, 6) is 0.309. The maximum Gasteiger partial charge on any atom is 0.410 e. The summed E-state index contributed by atoms with van der Waals surface area (Å²) >= 11 is 0. The van der Waals surface area contributed by atoms with E-state index in [-0.39, 0.29) is 17.3 Å². The molecule has 1 aliphatic heterocycles. The van der Waals surface area contributed by atoms with E-state index in [2.05, 4.69) is 0 Å². The molecule has 0 atom stereocenters. The van der Waals surface area contributed by atoms with E-state index in [1.807, 2.05) is 32.6 Å². The molecule has 3 rings (SSSR count). The number of nitrogens with zero attached hydrogens (tertiary/aromatic N) is 2. The molecule has 7 heteroatoms. The number of hydrogen-bond acceptors (Lipinski definition) is 6. The predicted octanol–water partition coefficient (Wildman–Crippen LogP) is 3.67. The van der Waals surface area contributed by atoms with Crippen LogP contribution in [0.3, 0.4) is 0 Å². The SMILES string of the molecule is CC(=O)c1cc(C)cc2c(=O)c(C)c(N3CCN(C(=O)OC(C)(C)C)CC3)oc12. The second-order valence-corrected chi connectivity index (χ2v) is 8.56. The first-order valence-electron chi connectivity index (χ1n) is 9.80. The van der Waals surface area contributed by atoms with Gasteiger partial charge in [-0.25, -0.2) is 4.79 Å². The molecule has 7 nitrogen and oxygen atoms in total. The molecule has 2 heterocycles. The van der Waals surface area contributed by atoms with Crippen molar-refractivity contribution in [3.8, 4) is 0 Å². The van der Waals surface area contributed by atoms with Crippen molar-refractivity contribution in [3.63, 3.8) is 0 Å². The topological polar surface area (TPSA) is 80.1 Å². The summed E-state index contributed by atoms with van der Waals surface area (Å²) in [7, 11) is 0. The Morgan fingerprint density at radius 3 is 2.24 bits per heavy atom. The van der Waals surface area contributed by atoms with E-state index in [1.54, 1.807) is 24.0 Å². The summed E-state index contributed by atoms with van der Waals surface area (Å²) in [4.78, 5) is 40.9. The lowest BCUT2D eigenvalue weighted by atomic mass is 10.0. The number of amides is 1. The van der Waals surface area contributed by atoms with E-state index in [4.69, 9.17) is 9.15 Å². The van der Waals surface area contributed by atoms with Crippen LogP contribution in [0.15, 0.2) is 21.3 Å². The highest BCUT2D eigenvalue weighted by atomic mass is 16.6. The molecule has 0 unspecified atom stereocenters. The van der Waals surface area contributed by atoms with Crippen molar-refractivity contribution in [2.45, 2.75) is 47.1 Å². The molecule has 0 bridgehead atoms. The first kappa shape index (κ1) is 20.9. The molecule has 0 saturated carbocycles. The number of hydrogen-bond donors (Lipinski definition) is 0. The van der Waals surface area contributed by atoms with Crippen molar-refractivity contribution in [2.75, 3.05) is 31.1 Å². The number of aryl methyl sites for hydroxylation is 1. The molecule has 1 saturated heterocycles. The lowest BCUT2D eigenvalue weighted by molar-refractivity contribution is 0.0239. The van der Waals surface area contributed by atoms with Crippen LogP contribution >= 0.6 is 0 Å². The second-order valence-electron chi connectivity index (χ2n) is 8.56. The lowest BCUT2D eigenvalue weighted by Crippen LogP contribution is -2.50. The van der Waals surface area contributed by atoms with Gasteiger partial charge in [-0.3, -0.25) is 9.59 Å². The van der Waals surface area contributed by atoms with Gasteiger partial charge in [0.05, 0.1) is 16.5 Å². The van der Waals surface area contributed by atoms with Crippen molar-refractivity contribution in [1.82, 2.24) is 4.90 Å². The zero-order chi connectivity index (χ0) is 21.5. The van der Waals surface area contributed by atoms with Crippen molar-refractivity contribution in [2.24, 2.45) is 0 Å². The highest BCUT2D eigenvalue weighted by Gasteiger charge is 2.28. The van der Waals surface area contributed by atoms with E-state index in [0.717, 1.165) is 5.56 Å². The van der Waals surface area contributed by atoms with Crippen molar-refractivity contribution in [3.05, 3.63) is 39.0 Å². The van der Waals surface area contributed by atoms with Crippen LogP contribution in [0.25, 0.3) is 11.0 Å². The molecule has 0 N–H and O–H groups in total. The third-order valence-corrected chi connectivity index (χ3v) is 4.94. The van der Waals surface area contributed by atoms with E-state index in [1.165, 1.54) is 6.92 Å². The van der Waals surface area contributed by atoms with Crippen LogP contribution < -0.4 is 10.3 Å². The molecule has 2 aromatic rings. The van der Waals surface area contributed by atoms with E-state index < -0.39 is 5.60 Å². The zero-order valence-electron chi connectivity index (χ0n) is 17.9. The van der Waals surface area contributed by atoms with Gasteiger partial charge < -0.3 is 19.0 Å². The molecule has 29 heavy (non-hydrogen) atoms. The molecule has 156 valence electrons. The Morgan fingerprint density at radius 1 is 1.07 bits per heavy atom. The number of ether oxygens (including phenoxy) is 1. The van der Waals surface area contributed by atoms with E-state index in [0.29, 0.717) is 54.2 Å². The largest absolute Gasteiger partial charge is 0.444 e. The summed E-state index contributed by atoms with van der Waals surface area (Å²) < 4.78 is 11.5. The number of piperazine rings is 1. The second kappa shape index (κ2) is 7.54. The van der Waals surface area contributed by atoms with Gasteiger partial charge in [0.2, 0.25) is 5.88 Å². The minimum atomic E-state index is -0.544. The number of carbonyl (C=O) groups excluding carboxylic acids is 2. The number of ketones is 1. The predicted molar refractivity (Wildman–Crippen MR) is 112 cm³/mol. The Bertz CT molecular complexity index is 1020. The van der Waals surface area contributed by atoms with Gasteiger partial charge in [-0.15, -0.1) is 0 Å². The van der Waals surface area contributed by atoms with Gasteiger partial charge in [-0.1, -0.05) is 0 Å². The summed E-state index contributed by atoms with van der Waals surface area (Å²) in [6.45, 7) is 12.5. The minimum absolute atomic E-state index is 0.137. The van der Waals surface area contributed by atoms with Crippen LogP contribution in [0, 0.1) is 13.8 Å². The van der Waals surface area contributed by atoms with Crippen LogP contribution in [0.4, 0.5) is 10.7 Å². The number of fused-ring (bicyclic) bond motifs is 1. The molecule has 1 amide bonds. The van der Waals surface area contributed by atoms with Crippen molar-refractivity contribution < 1.29 is 18.7 Å². The highest BCUT2D eigenvalue weighted by molar-refractivity contribution is 6.05. The van der Waals surface area contributed by atoms with Crippen LogP contribution in [-0.4, -0.2) is 48.6 Å². The molecule has 0 spiro atoms. The van der Waals surface area contributed by atoms with Gasteiger partial charge in [-0.2, -0.15) is 0 Å². The smallest absolute Gasteiger partial charge is 0.410 e. The van der Waals surface area contributed by atoms with Gasteiger partial charge >= 0.3 is 6.09 Å². The van der Waals surface area contributed by atoms with E-state index in [9.17, 15) is 14.4 Å². The molecular formula is C22H28N2O5. The Kier molecular flexibility index (Phi) is 5.43. The van der Waals surface area contributed by atoms with Crippen molar-refractivity contribution in [1.29, 1.82) is 0 Å². The van der Waals surface area contributed by atoms with Crippen LogP contribution in [-0.2, 0) is 4.74 Å². The van der Waals surface area contributed by atoms with Gasteiger partial charge in [-0.05, 0) is 59.2 Å². The highest BCUT2D eigenvalue weighted by Crippen LogP contribution is 2.28. The Hall–Kier alpha value is -2.83. The van der Waals surface area contributed by atoms with Gasteiger partial charge in [0.15, 0.2) is 16.8 Å². The molecule has 0 radical (unpaired) electrons. The molecule has 1 aromatic carbocycles. The Morgan fingerprint density at radius 2 is 1.69 bits per heavy atom. The maximum absolute atomic E-state index is 13.0. The Balaban J connectivity index is 1.92. The molecule has 0 aliphatic carbocycles. The van der Waals surface area contributed by atoms with E-state index >= 15 is 0 Å². The normalized spacial score (nSPS) is 15.0. The first-order valence-corrected chi connectivity index (χ1v) is 9.80. The fraction of sp³-hybridized carbons (Fsp3) is 0.500. The Labute approximate surface area is 170 Å². The molecular weight excluding hydrogens is 372 g/mol. The summed E-state index contributed by atoms with van der Waals surface area (Å²) in [5, 5.41) is 0.420. The number of carbonyl (C=O) groups is 2. The summed E-state index contributed by atoms with van der Waals surface area (Å²) in [5.41, 5.74) is 1.39. The van der Waals surface area contributed by atoms with Crippen LogP contribution in [0.2, 0.25) is 0 Å². The zero-order valence-corrected chi connectivity index (χ0v) is 17.9. The average Bonchev–Trinajstić information content (AvgIpc) is 2.63. The monoisotopic (exact) mass is 400 g/mol. The number of benzene rings is 1. The molecule has 1 aliphatic rings. The molecule has 1 aromatic heterocycles. The number of anilines is 1.